The van der Waals surface area contributed by atoms with Crippen molar-refractivity contribution in [2.45, 2.75) is 59.2 Å². The SMILES string of the molecule is CCOc1cc(OC)ccc1C1OC(CC(=O)N2CCC(C(=O)O)CC2)C(=O)N(CC(C)(C)C)c2ccc(Cl)cc21. The van der Waals surface area contributed by atoms with Crippen molar-refractivity contribution in [2.24, 2.45) is 11.3 Å². The van der Waals surface area contributed by atoms with E-state index in [1.807, 2.05) is 39.8 Å². The zero-order valence-corrected chi connectivity index (χ0v) is 25.1. The lowest BCUT2D eigenvalue weighted by Crippen LogP contribution is -2.47. The van der Waals surface area contributed by atoms with Gasteiger partial charge in [-0.3, -0.25) is 14.4 Å². The number of halogens is 1. The van der Waals surface area contributed by atoms with Gasteiger partial charge >= 0.3 is 5.97 Å². The van der Waals surface area contributed by atoms with Crippen LogP contribution in [-0.2, 0) is 19.1 Å². The van der Waals surface area contributed by atoms with Crippen LogP contribution in [0.4, 0.5) is 5.69 Å². The molecule has 9 nitrogen and oxygen atoms in total. The van der Waals surface area contributed by atoms with Crippen LogP contribution >= 0.6 is 11.6 Å². The Morgan fingerprint density at radius 3 is 2.41 bits per heavy atom. The van der Waals surface area contributed by atoms with Crippen molar-refractivity contribution < 1.29 is 33.7 Å². The number of piperidine rings is 1. The molecular weight excluding hydrogens is 548 g/mol. The number of anilines is 1. The van der Waals surface area contributed by atoms with Gasteiger partial charge in [0.15, 0.2) is 0 Å². The van der Waals surface area contributed by atoms with Gasteiger partial charge in [-0.05, 0) is 55.5 Å². The van der Waals surface area contributed by atoms with Crippen molar-refractivity contribution in [3.8, 4) is 11.5 Å². The number of carboxylic acids is 1. The highest BCUT2D eigenvalue weighted by molar-refractivity contribution is 6.30. The number of amides is 2. The first-order chi connectivity index (χ1) is 19.4. The molecule has 0 radical (unpaired) electrons. The second-order valence-corrected chi connectivity index (χ2v) is 12.2. The van der Waals surface area contributed by atoms with Gasteiger partial charge in [0.05, 0.1) is 26.1 Å². The van der Waals surface area contributed by atoms with E-state index in [2.05, 4.69) is 0 Å². The van der Waals surface area contributed by atoms with Gasteiger partial charge in [-0.1, -0.05) is 32.4 Å². The first-order valence-electron chi connectivity index (χ1n) is 14.0. The molecule has 1 N–H and O–H groups in total. The van der Waals surface area contributed by atoms with Crippen molar-refractivity contribution in [3.63, 3.8) is 0 Å². The van der Waals surface area contributed by atoms with Crippen molar-refractivity contribution >= 4 is 35.1 Å². The van der Waals surface area contributed by atoms with Crippen LogP contribution in [0.5, 0.6) is 11.5 Å². The number of likely N-dealkylation sites (tertiary alicyclic amines) is 1. The third-order valence-corrected chi connectivity index (χ3v) is 7.63. The van der Waals surface area contributed by atoms with E-state index in [0.717, 1.165) is 0 Å². The van der Waals surface area contributed by atoms with E-state index in [9.17, 15) is 19.5 Å². The number of carbonyl (C=O) groups is 3. The number of hydrogen-bond acceptors (Lipinski definition) is 6. The summed E-state index contributed by atoms with van der Waals surface area (Å²) in [5, 5.41) is 9.84. The summed E-state index contributed by atoms with van der Waals surface area (Å²) in [4.78, 5) is 42.4. The molecule has 0 saturated carbocycles. The normalized spacial score (nSPS) is 19.9. The number of fused-ring (bicyclic) bond motifs is 1. The molecule has 4 rings (SSSR count). The van der Waals surface area contributed by atoms with Crippen molar-refractivity contribution in [1.29, 1.82) is 0 Å². The quantitative estimate of drug-likeness (QED) is 0.446. The molecule has 0 bridgehead atoms. The smallest absolute Gasteiger partial charge is 0.306 e. The van der Waals surface area contributed by atoms with Crippen LogP contribution in [0.2, 0.25) is 5.02 Å². The number of hydrogen-bond donors (Lipinski definition) is 1. The summed E-state index contributed by atoms with van der Waals surface area (Å²) in [6.45, 7) is 9.47. The van der Waals surface area contributed by atoms with Crippen LogP contribution in [0.1, 0.15) is 64.2 Å². The number of ether oxygens (including phenoxy) is 3. The zero-order chi connectivity index (χ0) is 29.9. The van der Waals surface area contributed by atoms with Gasteiger partial charge in [0.25, 0.3) is 5.91 Å². The van der Waals surface area contributed by atoms with Gasteiger partial charge in [0.1, 0.15) is 23.7 Å². The molecule has 0 spiro atoms. The number of methoxy groups -OCH3 is 1. The van der Waals surface area contributed by atoms with E-state index < -0.39 is 24.1 Å². The van der Waals surface area contributed by atoms with Gasteiger partial charge in [-0.2, -0.15) is 0 Å². The van der Waals surface area contributed by atoms with Gasteiger partial charge < -0.3 is 29.1 Å². The van der Waals surface area contributed by atoms with E-state index in [1.165, 1.54) is 0 Å². The van der Waals surface area contributed by atoms with Crippen LogP contribution in [0.3, 0.4) is 0 Å². The summed E-state index contributed by atoms with van der Waals surface area (Å²) in [5.41, 5.74) is 1.78. The minimum Gasteiger partial charge on any atom is -0.497 e. The molecule has 1 fully saturated rings. The maximum Gasteiger partial charge on any atom is 0.306 e. The predicted molar refractivity (Wildman–Crippen MR) is 156 cm³/mol. The third-order valence-electron chi connectivity index (χ3n) is 7.40. The predicted octanol–water partition coefficient (Wildman–Crippen LogP) is 5.33. The van der Waals surface area contributed by atoms with Crippen LogP contribution < -0.4 is 14.4 Å². The first kappa shape index (κ1) is 30.7. The van der Waals surface area contributed by atoms with Crippen molar-refractivity contribution in [3.05, 3.63) is 52.5 Å². The molecule has 2 atom stereocenters. The Morgan fingerprint density at radius 2 is 1.80 bits per heavy atom. The second-order valence-electron chi connectivity index (χ2n) is 11.7. The average Bonchev–Trinajstić information content (AvgIpc) is 3.03. The molecule has 2 heterocycles. The fourth-order valence-corrected chi connectivity index (χ4v) is 5.57. The molecule has 2 amide bonds. The minimum atomic E-state index is -1.09. The summed E-state index contributed by atoms with van der Waals surface area (Å²) < 4.78 is 18.0. The number of carbonyl (C=O) groups excluding carboxylic acids is 2. The maximum atomic E-state index is 14.2. The van der Waals surface area contributed by atoms with E-state index in [0.29, 0.717) is 72.4 Å². The lowest BCUT2D eigenvalue weighted by molar-refractivity contribution is -0.148. The Balaban J connectivity index is 1.77. The van der Waals surface area contributed by atoms with Gasteiger partial charge in [-0.25, -0.2) is 0 Å². The largest absolute Gasteiger partial charge is 0.497 e. The average molecular weight is 587 g/mol. The fourth-order valence-electron chi connectivity index (χ4n) is 5.39. The Bertz CT molecular complexity index is 1280. The summed E-state index contributed by atoms with van der Waals surface area (Å²) in [7, 11) is 1.58. The molecule has 0 aliphatic carbocycles. The lowest BCUT2D eigenvalue weighted by Gasteiger charge is -2.33. The van der Waals surface area contributed by atoms with E-state index >= 15 is 0 Å². The molecule has 2 aliphatic rings. The highest BCUT2D eigenvalue weighted by Crippen LogP contribution is 2.44. The maximum absolute atomic E-state index is 14.2. The van der Waals surface area contributed by atoms with E-state index in [-0.39, 0.29) is 23.7 Å². The molecule has 2 unspecified atom stereocenters. The Kier molecular flexibility index (Phi) is 9.49. The van der Waals surface area contributed by atoms with Gasteiger partial charge in [0, 0.05) is 47.5 Å². The second kappa shape index (κ2) is 12.7. The van der Waals surface area contributed by atoms with Crippen LogP contribution in [0.15, 0.2) is 36.4 Å². The lowest BCUT2D eigenvalue weighted by atomic mass is 9.94. The van der Waals surface area contributed by atoms with Crippen molar-refractivity contribution in [1.82, 2.24) is 4.90 Å². The number of benzene rings is 2. The number of aliphatic carboxylic acids is 1. The summed E-state index contributed by atoms with van der Waals surface area (Å²) in [6.07, 6.45) is -1.26. The fraction of sp³-hybridized carbons (Fsp3) is 0.516. The molecule has 10 heteroatoms. The molecule has 0 aromatic heterocycles. The third kappa shape index (κ3) is 7.13. The van der Waals surface area contributed by atoms with Crippen LogP contribution in [0.25, 0.3) is 0 Å². The van der Waals surface area contributed by atoms with Gasteiger partial charge in [-0.15, -0.1) is 0 Å². The Hall–Kier alpha value is -3.30. The summed E-state index contributed by atoms with van der Waals surface area (Å²) in [6, 6.07) is 10.8. The van der Waals surface area contributed by atoms with Gasteiger partial charge in [0.2, 0.25) is 5.91 Å². The summed E-state index contributed by atoms with van der Waals surface area (Å²) in [5.74, 6) is -0.718. The molecule has 41 heavy (non-hydrogen) atoms. The Morgan fingerprint density at radius 1 is 1.10 bits per heavy atom. The monoisotopic (exact) mass is 586 g/mol. The highest BCUT2D eigenvalue weighted by Gasteiger charge is 2.41. The van der Waals surface area contributed by atoms with Crippen LogP contribution in [-0.4, -0.2) is 67.2 Å². The summed E-state index contributed by atoms with van der Waals surface area (Å²) >= 11 is 6.49. The molecule has 222 valence electrons. The minimum absolute atomic E-state index is 0.171. The van der Waals surface area contributed by atoms with E-state index in [4.69, 9.17) is 25.8 Å². The number of carboxylic acid groups (broad SMARTS) is 1. The molecular formula is C31H39ClN2O7. The zero-order valence-electron chi connectivity index (χ0n) is 24.3. The van der Waals surface area contributed by atoms with Crippen LogP contribution in [0, 0.1) is 11.3 Å². The Labute approximate surface area is 246 Å². The highest BCUT2D eigenvalue weighted by atomic mass is 35.5. The molecule has 2 aliphatic heterocycles. The number of rotatable bonds is 8. The first-order valence-corrected chi connectivity index (χ1v) is 14.4. The van der Waals surface area contributed by atoms with Crippen molar-refractivity contribution in [2.75, 3.05) is 38.3 Å². The van der Waals surface area contributed by atoms with E-state index in [1.54, 1.807) is 41.2 Å². The topological polar surface area (TPSA) is 106 Å². The standard InChI is InChI=1S/C31H39ClN2O7/c1-6-40-25-16-21(39-5)8-9-22(25)28-23-15-20(32)7-10-24(23)34(18-31(2,3)4)29(36)26(41-28)17-27(35)33-13-11-19(12-14-33)30(37)38/h7-10,15-16,19,26,28H,6,11-14,17-18H2,1-5H3,(H,37,38). The molecule has 1 saturated heterocycles. The number of nitrogens with zero attached hydrogens (tertiary/aromatic N) is 2. The molecule has 2 aromatic carbocycles. The molecule has 2 aromatic rings.